The number of hydrogen-bond acceptors (Lipinski definition) is 3. The highest BCUT2D eigenvalue weighted by molar-refractivity contribution is 5.17. The minimum Gasteiger partial charge on any atom is -0.393 e. The molecule has 0 heterocycles. The summed E-state index contributed by atoms with van der Waals surface area (Å²) in [6.07, 6.45) is 7.92. The van der Waals surface area contributed by atoms with Crippen LogP contribution in [0.1, 0.15) is 39.0 Å². The molecule has 0 aromatic heterocycles. The smallest absolute Gasteiger partial charge is 0.129 e. The van der Waals surface area contributed by atoms with E-state index in [-0.39, 0.29) is 11.5 Å². The van der Waals surface area contributed by atoms with Gasteiger partial charge in [-0.05, 0) is 25.7 Å². The summed E-state index contributed by atoms with van der Waals surface area (Å²) in [5.74, 6) is 0. The van der Waals surface area contributed by atoms with Crippen molar-refractivity contribution in [2.24, 2.45) is 5.41 Å². The molecule has 2 aliphatic rings. The van der Waals surface area contributed by atoms with Gasteiger partial charge in [0.1, 0.15) is 5.60 Å². The molecule has 0 aliphatic heterocycles. The van der Waals surface area contributed by atoms with E-state index in [9.17, 15) is 5.11 Å². The van der Waals surface area contributed by atoms with Gasteiger partial charge in [-0.2, -0.15) is 0 Å². The maximum absolute atomic E-state index is 9.63. The normalized spacial score (nSPS) is 47.5. The molecule has 2 rings (SSSR count). The number of rotatable bonds is 1. The van der Waals surface area contributed by atoms with Gasteiger partial charge in [-0.15, -0.1) is 0 Å². The second-order valence-electron chi connectivity index (χ2n) is 4.88. The Labute approximate surface area is 84.3 Å². The second-order valence-corrected chi connectivity index (χ2v) is 4.88. The lowest BCUT2D eigenvalue weighted by Crippen LogP contribution is -2.53. The summed E-state index contributed by atoms with van der Waals surface area (Å²) in [6.45, 7) is 2.14. The lowest BCUT2D eigenvalue weighted by atomic mass is 9.59. The molecular formula is C11H18O3. The van der Waals surface area contributed by atoms with Crippen LogP contribution in [0.25, 0.3) is 0 Å². The molecule has 1 saturated carbocycles. The summed E-state index contributed by atoms with van der Waals surface area (Å²) in [7, 11) is 0. The summed E-state index contributed by atoms with van der Waals surface area (Å²) < 4.78 is 0. The van der Waals surface area contributed by atoms with Crippen LogP contribution >= 0.6 is 0 Å². The first-order chi connectivity index (χ1) is 6.62. The van der Waals surface area contributed by atoms with Crippen LogP contribution in [0, 0.1) is 5.41 Å². The maximum atomic E-state index is 9.63. The van der Waals surface area contributed by atoms with E-state index in [0.29, 0.717) is 6.42 Å². The van der Waals surface area contributed by atoms with Gasteiger partial charge in [-0.25, -0.2) is 4.89 Å². The SMILES string of the molecule is C[C@@]12CCC=C[C@@]1(OO)C[C@H](O)CC2. The molecule has 14 heavy (non-hydrogen) atoms. The zero-order chi connectivity index (χ0) is 10.2. The molecule has 0 bridgehead atoms. The molecule has 2 N–H and O–H groups in total. The summed E-state index contributed by atoms with van der Waals surface area (Å²) >= 11 is 0. The number of fused-ring (bicyclic) bond motifs is 1. The van der Waals surface area contributed by atoms with Crippen molar-refractivity contribution in [3.8, 4) is 0 Å². The van der Waals surface area contributed by atoms with E-state index in [1.54, 1.807) is 0 Å². The molecule has 0 aromatic rings. The number of hydrogen-bond donors (Lipinski definition) is 2. The van der Waals surface area contributed by atoms with Crippen molar-refractivity contribution in [1.82, 2.24) is 0 Å². The molecular weight excluding hydrogens is 180 g/mol. The predicted octanol–water partition coefficient (Wildman–Crippen LogP) is 2.12. The Hall–Kier alpha value is -0.380. The van der Waals surface area contributed by atoms with Gasteiger partial charge in [0.05, 0.1) is 6.10 Å². The van der Waals surface area contributed by atoms with Crippen LogP contribution in [0.4, 0.5) is 0 Å². The van der Waals surface area contributed by atoms with Crippen LogP contribution in [0.5, 0.6) is 0 Å². The Balaban J connectivity index is 2.33. The average molecular weight is 198 g/mol. The first-order valence-corrected chi connectivity index (χ1v) is 5.30. The molecule has 0 saturated heterocycles. The summed E-state index contributed by atoms with van der Waals surface area (Å²) in [5.41, 5.74) is -0.668. The van der Waals surface area contributed by atoms with Crippen molar-refractivity contribution in [1.29, 1.82) is 0 Å². The van der Waals surface area contributed by atoms with Crippen LogP contribution in [0.3, 0.4) is 0 Å². The van der Waals surface area contributed by atoms with Crippen LogP contribution in [-0.4, -0.2) is 22.1 Å². The van der Waals surface area contributed by atoms with Crippen molar-refractivity contribution < 1.29 is 15.3 Å². The molecule has 3 atom stereocenters. The lowest BCUT2D eigenvalue weighted by molar-refractivity contribution is -0.350. The Bertz CT molecular complexity index is 251. The standard InChI is InChI=1S/C11H18O3/c1-10-5-2-3-6-11(10,14-13)8-9(12)4-7-10/h3,6,9,12-13H,2,4-5,7-8H2,1H3/t9-,10+,11-/m1/s1. The first-order valence-electron chi connectivity index (χ1n) is 5.30. The fourth-order valence-electron chi connectivity index (χ4n) is 2.85. The summed E-state index contributed by atoms with van der Waals surface area (Å²) in [6, 6.07) is 0. The van der Waals surface area contributed by atoms with Crippen LogP contribution < -0.4 is 0 Å². The van der Waals surface area contributed by atoms with E-state index in [1.807, 2.05) is 12.2 Å². The molecule has 0 aromatic carbocycles. The van der Waals surface area contributed by atoms with Crippen LogP contribution in [0.2, 0.25) is 0 Å². The Kier molecular flexibility index (Phi) is 2.41. The maximum Gasteiger partial charge on any atom is 0.129 e. The van der Waals surface area contributed by atoms with E-state index in [4.69, 9.17) is 10.1 Å². The summed E-state index contributed by atoms with van der Waals surface area (Å²) in [4.78, 5) is 4.71. The Morgan fingerprint density at radius 2 is 2.21 bits per heavy atom. The fraction of sp³-hybridized carbons (Fsp3) is 0.818. The average Bonchev–Trinajstić information content (AvgIpc) is 2.19. The van der Waals surface area contributed by atoms with Gasteiger partial charge in [0.2, 0.25) is 0 Å². The highest BCUT2D eigenvalue weighted by atomic mass is 17.1. The highest BCUT2D eigenvalue weighted by Crippen LogP contribution is 2.52. The van der Waals surface area contributed by atoms with E-state index in [2.05, 4.69) is 6.92 Å². The number of allylic oxidation sites excluding steroid dienone is 1. The zero-order valence-corrected chi connectivity index (χ0v) is 8.57. The highest BCUT2D eigenvalue weighted by Gasteiger charge is 2.52. The van der Waals surface area contributed by atoms with Crippen molar-refractivity contribution >= 4 is 0 Å². The number of aliphatic hydroxyl groups is 1. The van der Waals surface area contributed by atoms with Crippen molar-refractivity contribution in [2.75, 3.05) is 0 Å². The van der Waals surface area contributed by atoms with E-state index >= 15 is 0 Å². The van der Waals surface area contributed by atoms with E-state index in [1.165, 1.54) is 0 Å². The predicted molar refractivity (Wildman–Crippen MR) is 52.8 cm³/mol. The molecule has 0 amide bonds. The van der Waals surface area contributed by atoms with Crippen molar-refractivity contribution in [3.05, 3.63) is 12.2 Å². The monoisotopic (exact) mass is 198 g/mol. The number of aliphatic hydroxyl groups excluding tert-OH is 1. The molecule has 0 radical (unpaired) electrons. The molecule has 1 fully saturated rings. The van der Waals surface area contributed by atoms with Crippen LogP contribution in [0.15, 0.2) is 12.2 Å². The van der Waals surface area contributed by atoms with Gasteiger partial charge in [0.25, 0.3) is 0 Å². The van der Waals surface area contributed by atoms with Crippen LogP contribution in [-0.2, 0) is 4.89 Å². The van der Waals surface area contributed by atoms with E-state index in [0.717, 1.165) is 25.7 Å². The molecule has 3 heteroatoms. The second kappa shape index (κ2) is 3.33. The van der Waals surface area contributed by atoms with Gasteiger partial charge in [0.15, 0.2) is 0 Å². The third kappa shape index (κ3) is 1.31. The van der Waals surface area contributed by atoms with Crippen molar-refractivity contribution in [3.63, 3.8) is 0 Å². The summed E-state index contributed by atoms with van der Waals surface area (Å²) in [5, 5.41) is 18.7. The van der Waals surface area contributed by atoms with Gasteiger partial charge >= 0.3 is 0 Å². The Morgan fingerprint density at radius 3 is 2.93 bits per heavy atom. The largest absolute Gasteiger partial charge is 0.393 e. The molecule has 80 valence electrons. The fourth-order valence-corrected chi connectivity index (χ4v) is 2.85. The quantitative estimate of drug-likeness (QED) is 0.385. The lowest BCUT2D eigenvalue weighted by Gasteiger charge is -2.51. The molecule has 0 spiro atoms. The molecule has 0 unspecified atom stereocenters. The topological polar surface area (TPSA) is 49.7 Å². The molecule has 2 aliphatic carbocycles. The van der Waals surface area contributed by atoms with Gasteiger partial charge in [-0.1, -0.05) is 19.1 Å². The minimum atomic E-state index is -0.650. The third-order valence-corrected chi connectivity index (χ3v) is 4.00. The Morgan fingerprint density at radius 1 is 1.43 bits per heavy atom. The molecule has 3 nitrogen and oxygen atoms in total. The zero-order valence-electron chi connectivity index (χ0n) is 8.57. The van der Waals surface area contributed by atoms with Gasteiger partial charge in [-0.3, -0.25) is 5.26 Å². The van der Waals surface area contributed by atoms with Crippen molar-refractivity contribution in [2.45, 2.75) is 50.7 Å². The van der Waals surface area contributed by atoms with Gasteiger partial charge < -0.3 is 5.11 Å². The first kappa shape index (κ1) is 10.1. The third-order valence-electron chi connectivity index (χ3n) is 4.00. The van der Waals surface area contributed by atoms with Gasteiger partial charge in [0, 0.05) is 11.8 Å². The minimum absolute atomic E-state index is 0.0181. The van der Waals surface area contributed by atoms with E-state index < -0.39 is 5.60 Å².